The number of nitrogens with one attached hydrogen (secondary N) is 1. The molecule has 0 unspecified atom stereocenters. The minimum Gasteiger partial charge on any atom is -0.493 e. The molecule has 4 rings (SSSR count). The van der Waals surface area contributed by atoms with E-state index < -0.39 is 0 Å². The first-order valence-electron chi connectivity index (χ1n) is 9.10. The second-order valence-electron chi connectivity index (χ2n) is 6.85. The van der Waals surface area contributed by atoms with Crippen LogP contribution >= 0.6 is 0 Å². The van der Waals surface area contributed by atoms with Gasteiger partial charge in [-0.3, -0.25) is 0 Å². The van der Waals surface area contributed by atoms with Gasteiger partial charge < -0.3 is 20.1 Å². The summed E-state index contributed by atoms with van der Waals surface area (Å²) in [5.41, 5.74) is 1.05. The molecule has 2 aliphatic rings. The van der Waals surface area contributed by atoms with E-state index in [2.05, 4.69) is 29.6 Å². The lowest BCUT2D eigenvalue weighted by molar-refractivity contribution is 0.170. The van der Waals surface area contributed by atoms with Gasteiger partial charge in [0.05, 0.1) is 19.3 Å². The third-order valence-electron chi connectivity index (χ3n) is 5.06. The van der Waals surface area contributed by atoms with Gasteiger partial charge in [-0.2, -0.15) is 0 Å². The van der Waals surface area contributed by atoms with Gasteiger partial charge in [-0.25, -0.2) is 4.79 Å². The average Bonchev–Trinajstić information content (AvgIpc) is 3.47. The summed E-state index contributed by atoms with van der Waals surface area (Å²) in [5.74, 6) is 0.890. The van der Waals surface area contributed by atoms with Crippen LogP contribution in [0.25, 0.3) is 10.8 Å². The summed E-state index contributed by atoms with van der Waals surface area (Å²) in [5, 5.41) is 14.7. The molecule has 0 spiro atoms. The minimum absolute atomic E-state index is 0.00107. The Morgan fingerprint density at radius 2 is 2.04 bits per heavy atom. The van der Waals surface area contributed by atoms with Crippen LogP contribution < -0.4 is 10.1 Å². The van der Waals surface area contributed by atoms with Gasteiger partial charge in [-0.1, -0.05) is 36.4 Å². The second kappa shape index (κ2) is 6.92. The summed E-state index contributed by atoms with van der Waals surface area (Å²) in [4.78, 5) is 14.5. The molecule has 0 radical (unpaired) electrons. The highest BCUT2D eigenvalue weighted by atomic mass is 16.5. The Bertz CT molecular complexity index is 773. The smallest absolute Gasteiger partial charge is 0.318 e. The Morgan fingerprint density at radius 1 is 1.20 bits per heavy atom. The fourth-order valence-corrected chi connectivity index (χ4v) is 3.64. The van der Waals surface area contributed by atoms with Crippen molar-refractivity contribution >= 4 is 16.8 Å². The topological polar surface area (TPSA) is 61.8 Å². The molecule has 1 aliphatic heterocycles. The normalized spacial score (nSPS) is 19.6. The van der Waals surface area contributed by atoms with Crippen molar-refractivity contribution in [2.24, 2.45) is 0 Å². The van der Waals surface area contributed by atoms with Crippen molar-refractivity contribution in [3.05, 3.63) is 42.0 Å². The Kier molecular flexibility index (Phi) is 4.49. The zero-order valence-corrected chi connectivity index (χ0v) is 14.3. The average molecular weight is 340 g/mol. The predicted molar refractivity (Wildman–Crippen MR) is 96.8 cm³/mol. The third kappa shape index (κ3) is 3.29. The van der Waals surface area contributed by atoms with Crippen molar-refractivity contribution in [1.82, 2.24) is 10.2 Å². The van der Waals surface area contributed by atoms with Crippen LogP contribution in [0.5, 0.6) is 5.75 Å². The first-order chi connectivity index (χ1) is 12.3. The molecule has 132 valence electrons. The van der Waals surface area contributed by atoms with Crippen LogP contribution in [0.4, 0.5) is 4.79 Å². The number of rotatable bonds is 4. The molecule has 5 heteroatoms. The number of hydrogen-bond donors (Lipinski definition) is 2. The second-order valence-corrected chi connectivity index (χ2v) is 6.85. The number of carbonyl (C=O) groups excluding carboxylic acids is 1. The quantitative estimate of drug-likeness (QED) is 0.898. The number of carbonyl (C=O) groups is 1. The number of ether oxygens (including phenoxy) is 1. The number of nitrogens with zero attached hydrogens (tertiary/aromatic N) is 1. The van der Waals surface area contributed by atoms with Crippen molar-refractivity contribution < 1.29 is 14.6 Å². The van der Waals surface area contributed by atoms with Crippen LogP contribution in [0.2, 0.25) is 0 Å². The van der Waals surface area contributed by atoms with Gasteiger partial charge in [0.2, 0.25) is 0 Å². The Morgan fingerprint density at radius 3 is 2.84 bits per heavy atom. The highest BCUT2D eigenvalue weighted by molar-refractivity contribution is 5.90. The molecule has 2 aromatic carbocycles. The zero-order chi connectivity index (χ0) is 17.2. The standard InChI is InChI=1S/C20H24N2O3/c23-12-11-22(15-8-9-15)20(24)21-18-6-3-13-25-19-16-5-2-1-4-14(16)7-10-17(18)19/h1-2,4-5,7,10,15,18,23H,3,6,8-9,11-13H2,(H,21,24)/t18-/m1/s1. The van der Waals surface area contributed by atoms with E-state index in [4.69, 9.17) is 4.74 Å². The molecule has 0 saturated heterocycles. The SMILES string of the molecule is O=C(N[C@@H]1CCCOc2c1ccc1ccccc21)N(CCO)C1CC1. The van der Waals surface area contributed by atoms with Crippen molar-refractivity contribution in [3.63, 3.8) is 0 Å². The van der Waals surface area contributed by atoms with E-state index in [0.29, 0.717) is 13.2 Å². The maximum atomic E-state index is 12.7. The van der Waals surface area contributed by atoms with Crippen LogP contribution in [-0.4, -0.2) is 41.8 Å². The lowest BCUT2D eigenvalue weighted by Crippen LogP contribution is -2.44. The molecule has 25 heavy (non-hydrogen) atoms. The molecule has 0 aromatic heterocycles. The number of aliphatic hydroxyl groups is 1. The van der Waals surface area contributed by atoms with Gasteiger partial charge in [0.25, 0.3) is 0 Å². The summed E-state index contributed by atoms with van der Waals surface area (Å²) < 4.78 is 6.04. The fraction of sp³-hybridized carbons (Fsp3) is 0.450. The van der Waals surface area contributed by atoms with Crippen LogP contribution in [-0.2, 0) is 0 Å². The van der Waals surface area contributed by atoms with Gasteiger partial charge in [-0.15, -0.1) is 0 Å². The van der Waals surface area contributed by atoms with E-state index in [1.807, 2.05) is 12.1 Å². The van der Waals surface area contributed by atoms with Crippen molar-refractivity contribution in [2.75, 3.05) is 19.8 Å². The molecular weight excluding hydrogens is 316 g/mol. The highest BCUT2D eigenvalue weighted by Crippen LogP contribution is 2.38. The van der Waals surface area contributed by atoms with Crippen LogP contribution in [0.1, 0.15) is 37.3 Å². The molecule has 0 bridgehead atoms. The summed E-state index contributed by atoms with van der Waals surface area (Å²) in [6.45, 7) is 1.06. The number of urea groups is 1. The van der Waals surface area contributed by atoms with Gasteiger partial charge in [0, 0.05) is 23.5 Å². The molecule has 2 amide bonds. The van der Waals surface area contributed by atoms with E-state index in [1.54, 1.807) is 4.90 Å². The Balaban J connectivity index is 1.62. The predicted octanol–water partition coefficient (Wildman–Crippen LogP) is 3.22. The maximum absolute atomic E-state index is 12.7. The molecular formula is C20H24N2O3. The zero-order valence-electron chi connectivity index (χ0n) is 14.3. The van der Waals surface area contributed by atoms with Crippen molar-refractivity contribution in [2.45, 2.75) is 37.8 Å². The molecule has 1 atom stereocenters. The first kappa shape index (κ1) is 16.2. The van der Waals surface area contributed by atoms with Crippen molar-refractivity contribution in [3.8, 4) is 5.75 Å². The summed E-state index contributed by atoms with van der Waals surface area (Å²) in [6, 6.07) is 12.5. The number of fused-ring (bicyclic) bond motifs is 3. The van der Waals surface area contributed by atoms with Gasteiger partial charge in [-0.05, 0) is 31.1 Å². The Hall–Kier alpha value is -2.27. The monoisotopic (exact) mass is 340 g/mol. The molecule has 1 aliphatic carbocycles. The summed E-state index contributed by atoms with van der Waals surface area (Å²) in [6.07, 6.45) is 3.82. The molecule has 2 aromatic rings. The number of benzene rings is 2. The van der Waals surface area contributed by atoms with E-state index in [0.717, 1.165) is 47.8 Å². The number of amides is 2. The van der Waals surface area contributed by atoms with Gasteiger partial charge in [0.1, 0.15) is 5.75 Å². The number of aliphatic hydroxyl groups excluding tert-OH is 1. The maximum Gasteiger partial charge on any atom is 0.318 e. The molecule has 1 fully saturated rings. The van der Waals surface area contributed by atoms with Gasteiger partial charge >= 0.3 is 6.03 Å². The van der Waals surface area contributed by atoms with Gasteiger partial charge in [0.15, 0.2) is 0 Å². The number of hydrogen-bond acceptors (Lipinski definition) is 3. The molecule has 5 nitrogen and oxygen atoms in total. The van der Waals surface area contributed by atoms with E-state index in [-0.39, 0.29) is 24.7 Å². The van der Waals surface area contributed by atoms with E-state index in [9.17, 15) is 9.90 Å². The summed E-state index contributed by atoms with van der Waals surface area (Å²) >= 11 is 0. The van der Waals surface area contributed by atoms with E-state index >= 15 is 0 Å². The minimum atomic E-state index is -0.0810. The van der Waals surface area contributed by atoms with Crippen LogP contribution in [0, 0.1) is 0 Å². The fourth-order valence-electron chi connectivity index (χ4n) is 3.64. The van der Waals surface area contributed by atoms with E-state index in [1.165, 1.54) is 0 Å². The van der Waals surface area contributed by atoms with Crippen LogP contribution in [0.3, 0.4) is 0 Å². The molecule has 1 saturated carbocycles. The lowest BCUT2D eigenvalue weighted by atomic mass is 9.98. The first-order valence-corrected chi connectivity index (χ1v) is 9.10. The third-order valence-corrected chi connectivity index (χ3v) is 5.06. The van der Waals surface area contributed by atoms with Crippen LogP contribution in [0.15, 0.2) is 36.4 Å². The summed E-state index contributed by atoms with van der Waals surface area (Å²) in [7, 11) is 0. The highest BCUT2D eigenvalue weighted by Gasteiger charge is 2.33. The van der Waals surface area contributed by atoms with Crippen molar-refractivity contribution in [1.29, 1.82) is 0 Å². The Labute approximate surface area is 147 Å². The molecule has 1 heterocycles. The molecule has 2 N–H and O–H groups in total. The lowest BCUT2D eigenvalue weighted by Gasteiger charge is -2.26. The largest absolute Gasteiger partial charge is 0.493 e.